The van der Waals surface area contributed by atoms with Crippen LogP contribution in [0.25, 0.3) is 0 Å². The number of carbonyl (C=O) groups excluding carboxylic acids is 1. The van der Waals surface area contributed by atoms with Crippen molar-refractivity contribution >= 4 is 27.7 Å². The molecule has 0 radical (unpaired) electrons. The van der Waals surface area contributed by atoms with Crippen molar-refractivity contribution in [1.82, 2.24) is 19.5 Å². The summed E-state index contributed by atoms with van der Waals surface area (Å²) in [6.45, 7) is 5.68. The molecule has 0 unspecified atom stereocenters. The Morgan fingerprint density at radius 1 is 1.14 bits per heavy atom. The van der Waals surface area contributed by atoms with Gasteiger partial charge in [0.15, 0.2) is 0 Å². The van der Waals surface area contributed by atoms with E-state index in [1.807, 2.05) is 6.92 Å². The van der Waals surface area contributed by atoms with E-state index in [1.54, 1.807) is 0 Å². The number of nitrogens with one attached hydrogen (secondary N) is 1. The van der Waals surface area contributed by atoms with Gasteiger partial charge in [0.05, 0.1) is 18.6 Å². The Kier molecular flexibility index (Phi) is 7.27. The van der Waals surface area contributed by atoms with E-state index in [1.165, 1.54) is 6.33 Å². The van der Waals surface area contributed by atoms with Crippen LogP contribution >= 0.6 is 0 Å². The van der Waals surface area contributed by atoms with E-state index in [0.717, 1.165) is 81.1 Å². The van der Waals surface area contributed by atoms with E-state index in [0.29, 0.717) is 24.7 Å². The van der Waals surface area contributed by atoms with Gasteiger partial charge in [-0.2, -0.15) is 8.42 Å². The SMILES string of the molecule is C[C@@H]1CC(=O)Nc2ncnc(N3CCC(c4nc(C5CCOCC5)cn4CCOS(C)(=O)=O)CC3)c21. The van der Waals surface area contributed by atoms with Gasteiger partial charge in [-0.15, -0.1) is 0 Å². The van der Waals surface area contributed by atoms with E-state index in [9.17, 15) is 13.2 Å². The number of hydrogen-bond donors (Lipinski definition) is 1. The Morgan fingerprint density at radius 3 is 2.61 bits per heavy atom. The predicted octanol–water partition coefficient (Wildman–Crippen LogP) is 2.37. The molecule has 2 aromatic rings. The van der Waals surface area contributed by atoms with Crippen molar-refractivity contribution in [3.8, 4) is 0 Å². The molecule has 1 amide bonds. The molecule has 0 saturated carbocycles. The highest BCUT2D eigenvalue weighted by molar-refractivity contribution is 7.85. The van der Waals surface area contributed by atoms with Crippen molar-refractivity contribution in [2.45, 2.75) is 63.3 Å². The fourth-order valence-electron chi connectivity index (χ4n) is 5.54. The molecule has 0 aromatic carbocycles. The first kappa shape index (κ1) is 25.1. The Bertz CT molecular complexity index is 1200. The van der Waals surface area contributed by atoms with Gasteiger partial charge in [-0.3, -0.25) is 8.98 Å². The van der Waals surface area contributed by atoms with Crippen LogP contribution in [0.2, 0.25) is 0 Å². The molecule has 36 heavy (non-hydrogen) atoms. The smallest absolute Gasteiger partial charge is 0.264 e. The maximum absolute atomic E-state index is 12.0. The summed E-state index contributed by atoms with van der Waals surface area (Å²) in [5.74, 6) is 3.19. The van der Waals surface area contributed by atoms with Gasteiger partial charge in [0.25, 0.3) is 10.1 Å². The first-order valence-electron chi connectivity index (χ1n) is 12.7. The van der Waals surface area contributed by atoms with Gasteiger partial charge in [-0.25, -0.2) is 15.0 Å². The Labute approximate surface area is 211 Å². The Hall–Kier alpha value is -2.57. The molecule has 5 heterocycles. The molecular weight excluding hydrogens is 484 g/mol. The normalized spacial score (nSPS) is 21.9. The molecule has 2 saturated heterocycles. The second kappa shape index (κ2) is 10.4. The van der Waals surface area contributed by atoms with Crippen LogP contribution in [0.3, 0.4) is 0 Å². The average Bonchev–Trinajstić information content (AvgIpc) is 3.27. The molecule has 1 atom stereocenters. The second-order valence-electron chi connectivity index (χ2n) is 10.0. The van der Waals surface area contributed by atoms with Crippen LogP contribution in [-0.2, 0) is 30.4 Å². The number of hydrogen-bond acceptors (Lipinski definition) is 9. The van der Waals surface area contributed by atoms with E-state index in [4.69, 9.17) is 13.9 Å². The number of amides is 1. The van der Waals surface area contributed by atoms with Crippen LogP contribution < -0.4 is 10.2 Å². The summed E-state index contributed by atoms with van der Waals surface area (Å²) in [7, 11) is -3.49. The van der Waals surface area contributed by atoms with Gasteiger partial charge in [-0.05, 0) is 31.6 Å². The molecular formula is C24H34N6O5S. The number of aromatic nitrogens is 4. The van der Waals surface area contributed by atoms with Crippen molar-refractivity contribution in [3.63, 3.8) is 0 Å². The summed E-state index contributed by atoms with van der Waals surface area (Å²) in [4.78, 5) is 28.2. The number of rotatable bonds is 7. The molecule has 196 valence electrons. The minimum Gasteiger partial charge on any atom is -0.381 e. The number of carbonyl (C=O) groups is 1. The Balaban J connectivity index is 1.33. The topological polar surface area (TPSA) is 129 Å². The predicted molar refractivity (Wildman–Crippen MR) is 134 cm³/mol. The number of imidazole rings is 1. The first-order valence-corrected chi connectivity index (χ1v) is 14.5. The summed E-state index contributed by atoms with van der Waals surface area (Å²) in [6, 6.07) is 0. The quantitative estimate of drug-likeness (QED) is 0.549. The molecule has 2 aromatic heterocycles. The lowest BCUT2D eigenvalue weighted by molar-refractivity contribution is -0.116. The lowest BCUT2D eigenvalue weighted by Gasteiger charge is -2.35. The molecule has 5 rings (SSSR count). The summed E-state index contributed by atoms with van der Waals surface area (Å²) in [6.07, 6.45) is 8.80. The molecule has 2 fully saturated rings. The zero-order chi connectivity index (χ0) is 25.3. The monoisotopic (exact) mass is 518 g/mol. The highest BCUT2D eigenvalue weighted by atomic mass is 32.2. The molecule has 3 aliphatic heterocycles. The summed E-state index contributed by atoms with van der Waals surface area (Å²) in [5, 5.41) is 2.88. The Morgan fingerprint density at radius 2 is 1.89 bits per heavy atom. The third kappa shape index (κ3) is 5.55. The summed E-state index contributed by atoms with van der Waals surface area (Å²) < 4.78 is 35.6. The maximum Gasteiger partial charge on any atom is 0.264 e. The van der Waals surface area contributed by atoms with Gasteiger partial charge in [0.2, 0.25) is 5.91 Å². The largest absolute Gasteiger partial charge is 0.381 e. The lowest BCUT2D eigenvalue weighted by Crippen LogP contribution is -2.36. The van der Waals surface area contributed by atoms with Crippen molar-refractivity contribution < 1.29 is 22.1 Å². The van der Waals surface area contributed by atoms with Crippen LogP contribution in [0, 0.1) is 0 Å². The standard InChI is InChI=1S/C24H34N6O5S/c1-16-13-20(31)28-22-21(16)24(26-15-25-22)29-7-3-18(4-8-29)23-27-19(17-5-10-34-11-6-17)14-30(23)9-12-35-36(2,32)33/h14-18H,3-13H2,1-2H3,(H,25,26,28,31)/t16-/m1/s1. The minimum absolute atomic E-state index is 0.00891. The molecule has 11 nitrogen and oxygen atoms in total. The first-order chi connectivity index (χ1) is 17.3. The molecule has 3 aliphatic rings. The van der Waals surface area contributed by atoms with Crippen molar-refractivity contribution in [1.29, 1.82) is 0 Å². The maximum atomic E-state index is 12.0. The van der Waals surface area contributed by atoms with E-state index in [-0.39, 0.29) is 24.3 Å². The molecule has 0 bridgehead atoms. The highest BCUT2D eigenvalue weighted by Crippen LogP contribution is 2.39. The van der Waals surface area contributed by atoms with Crippen LogP contribution in [-0.4, -0.2) is 73.0 Å². The van der Waals surface area contributed by atoms with Gasteiger partial charge >= 0.3 is 0 Å². The number of piperidine rings is 1. The summed E-state index contributed by atoms with van der Waals surface area (Å²) >= 11 is 0. The van der Waals surface area contributed by atoms with Crippen LogP contribution in [0.1, 0.15) is 73.9 Å². The average molecular weight is 519 g/mol. The minimum atomic E-state index is -3.49. The van der Waals surface area contributed by atoms with Crippen LogP contribution in [0.4, 0.5) is 11.6 Å². The fourth-order valence-corrected chi connectivity index (χ4v) is 5.91. The second-order valence-corrected chi connectivity index (χ2v) is 11.6. The number of fused-ring (bicyclic) bond motifs is 1. The lowest BCUT2D eigenvalue weighted by atomic mass is 9.92. The van der Waals surface area contributed by atoms with E-state index in [2.05, 4.69) is 30.9 Å². The molecule has 1 N–H and O–H groups in total. The zero-order valence-corrected chi connectivity index (χ0v) is 21.7. The third-order valence-corrected chi connectivity index (χ3v) is 7.95. The number of anilines is 2. The summed E-state index contributed by atoms with van der Waals surface area (Å²) in [5.41, 5.74) is 2.07. The van der Waals surface area contributed by atoms with Crippen molar-refractivity contribution in [2.75, 3.05) is 49.4 Å². The van der Waals surface area contributed by atoms with Crippen LogP contribution in [0.5, 0.6) is 0 Å². The number of nitrogens with zero attached hydrogens (tertiary/aromatic N) is 5. The molecule has 0 spiro atoms. The molecule has 0 aliphatic carbocycles. The van der Waals surface area contributed by atoms with Crippen LogP contribution in [0.15, 0.2) is 12.5 Å². The van der Waals surface area contributed by atoms with Gasteiger partial charge in [-0.1, -0.05) is 6.92 Å². The van der Waals surface area contributed by atoms with Gasteiger partial charge in [0, 0.05) is 62.9 Å². The van der Waals surface area contributed by atoms with Gasteiger partial charge in [0.1, 0.15) is 23.8 Å². The zero-order valence-electron chi connectivity index (χ0n) is 20.9. The van der Waals surface area contributed by atoms with Crippen molar-refractivity contribution in [3.05, 3.63) is 29.6 Å². The third-order valence-electron chi connectivity index (χ3n) is 7.36. The molecule has 12 heteroatoms. The fraction of sp³-hybridized carbons (Fsp3) is 0.667. The van der Waals surface area contributed by atoms with E-state index >= 15 is 0 Å². The van der Waals surface area contributed by atoms with Gasteiger partial charge < -0.3 is 19.5 Å². The number of ether oxygens (including phenoxy) is 1. The van der Waals surface area contributed by atoms with E-state index < -0.39 is 10.1 Å². The highest BCUT2D eigenvalue weighted by Gasteiger charge is 2.32. The van der Waals surface area contributed by atoms with Crippen molar-refractivity contribution in [2.24, 2.45) is 0 Å².